The van der Waals surface area contributed by atoms with E-state index >= 15 is 0 Å². The fraction of sp³-hybridized carbons (Fsp3) is 0.385. The highest BCUT2D eigenvalue weighted by molar-refractivity contribution is 5.70. The van der Waals surface area contributed by atoms with Crippen LogP contribution in [0.15, 0.2) is 30.9 Å². The first kappa shape index (κ1) is 11.2. The summed E-state index contributed by atoms with van der Waals surface area (Å²) in [6.45, 7) is 0. The van der Waals surface area contributed by atoms with Crippen molar-refractivity contribution in [2.24, 2.45) is 0 Å². The highest BCUT2D eigenvalue weighted by atomic mass is 16.5. The monoisotopic (exact) mass is 244 g/mol. The zero-order valence-electron chi connectivity index (χ0n) is 10.3. The Morgan fingerprint density at radius 2 is 2.28 bits per heavy atom. The first-order chi connectivity index (χ1) is 8.79. The van der Waals surface area contributed by atoms with Gasteiger partial charge in [0.15, 0.2) is 0 Å². The summed E-state index contributed by atoms with van der Waals surface area (Å²) in [4.78, 5) is 8.35. The number of nitrogen functional groups attached to an aromatic ring is 1. The molecule has 1 aliphatic carbocycles. The molecule has 2 aromatic rings. The molecule has 18 heavy (non-hydrogen) atoms. The molecule has 3 rings (SSSR count). The Balaban J connectivity index is 1.91. The van der Waals surface area contributed by atoms with Crippen molar-refractivity contribution in [3.8, 4) is 11.3 Å². The van der Waals surface area contributed by atoms with E-state index in [2.05, 4.69) is 14.5 Å². The first-order valence-corrected chi connectivity index (χ1v) is 6.05. The zero-order valence-corrected chi connectivity index (χ0v) is 10.3. The summed E-state index contributed by atoms with van der Waals surface area (Å²) in [5.74, 6) is 0.543. The Morgan fingerprint density at radius 3 is 3.00 bits per heavy atom. The van der Waals surface area contributed by atoms with Gasteiger partial charge in [-0.25, -0.2) is 9.97 Å². The van der Waals surface area contributed by atoms with Crippen LogP contribution < -0.4 is 5.73 Å². The summed E-state index contributed by atoms with van der Waals surface area (Å²) in [5, 5.41) is 0. The highest BCUT2D eigenvalue weighted by Gasteiger charge is 2.31. The van der Waals surface area contributed by atoms with E-state index < -0.39 is 0 Å². The van der Waals surface area contributed by atoms with E-state index in [1.54, 1.807) is 13.3 Å². The Morgan fingerprint density at radius 1 is 1.44 bits per heavy atom. The van der Waals surface area contributed by atoms with Gasteiger partial charge < -0.3 is 15.0 Å². The first-order valence-electron chi connectivity index (χ1n) is 6.05. The van der Waals surface area contributed by atoms with Crippen molar-refractivity contribution < 1.29 is 4.74 Å². The molecule has 1 fully saturated rings. The largest absolute Gasteiger partial charge is 0.383 e. The zero-order chi connectivity index (χ0) is 12.5. The summed E-state index contributed by atoms with van der Waals surface area (Å²) < 4.78 is 7.48. The number of ether oxygens (including phenoxy) is 1. The minimum absolute atomic E-state index is 0.372. The second-order valence-electron chi connectivity index (χ2n) is 4.61. The Kier molecular flexibility index (Phi) is 2.76. The van der Waals surface area contributed by atoms with Gasteiger partial charge in [0.25, 0.3) is 0 Å². The van der Waals surface area contributed by atoms with Crippen LogP contribution in [-0.2, 0) is 4.74 Å². The molecule has 1 saturated carbocycles. The van der Waals surface area contributed by atoms with Crippen molar-refractivity contribution in [3.05, 3.63) is 30.9 Å². The average molecular weight is 244 g/mol. The Labute approximate surface area is 106 Å². The molecule has 94 valence electrons. The van der Waals surface area contributed by atoms with Gasteiger partial charge in [0.1, 0.15) is 5.82 Å². The molecule has 0 radical (unpaired) electrons. The fourth-order valence-corrected chi connectivity index (χ4v) is 2.40. The van der Waals surface area contributed by atoms with Crippen LogP contribution in [0.3, 0.4) is 0 Å². The Hall–Kier alpha value is -1.88. The standard InChI is InChI=1S/C13H16N4O/c1-18-10-5-9(6-10)17-8-15-7-12(17)11-3-2-4-16-13(11)14/h2-4,7-10H,5-6H2,1H3,(H2,14,16). The predicted molar refractivity (Wildman–Crippen MR) is 68.9 cm³/mol. The topological polar surface area (TPSA) is 66.0 Å². The number of pyridine rings is 1. The van der Waals surface area contributed by atoms with Gasteiger partial charge in [-0.3, -0.25) is 0 Å². The van der Waals surface area contributed by atoms with Crippen LogP contribution in [0.5, 0.6) is 0 Å². The smallest absolute Gasteiger partial charge is 0.132 e. The molecule has 0 aromatic carbocycles. The van der Waals surface area contributed by atoms with E-state index in [-0.39, 0.29) is 0 Å². The lowest BCUT2D eigenvalue weighted by molar-refractivity contribution is 0.00663. The molecular weight excluding hydrogens is 228 g/mol. The van der Waals surface area contributed by atoms with Gasteiger partial charge in [0.2, 0.25) is 0 Å². The minimum atomic E-state index is 0.372. The van der Waals surface area contributed by atoms with Crippen molar-refractivity contribution >= 4 is 5.82 Å². The SMILES string of the molecule is COC1CC(n2cncc2-c2cccnc2N)C1. The maximum atomic E-state index is 5.92. The van der Waals surface area contributed by atoms with Gasteiger partial charge in [-0.15, -0.1) is 0 Å². The fourth-order valence-electron chi connectivity index (χ4n) is 2.40. The number of aromatic nitrogens is 3. The molecule has 0 saturated heterocycles. The van der Waals surface area contributed by atoms with Crippen molar-refractivity contribution in [1.82, 2.24) is 14.5 Å². The van der Waals surface area contributed by atoms with E-state index in [1.807, 2.05) is 24.7 Å². The van der Waals surface area contributed by atoms with Crippen molar-refractivity contribution in [3.63, 3.8) is 0 Å². The van der Waals surface area contributed by atoms with Crippen molar-refractivity contribution in [2.75, 3.05) is 12.8 Å². The molecule has 0 unspecified atom stereocenters. The number of hydrogen-bond donors (Lipinski definition) is 1. The second-order valence-corrected chi connectivity index (χ2v) is 4.61. The van der Waals surface area contributed by atoms with Crippen LogP contribution in [0.2, 0.25) is 0 Å². The minimum Gasteiger partial charge on any atom is -0.383 e. The summed E-state index contributed by atoms with van der Waals surface area (Å²) >= 11 is 0. The lowest BCUT2D eigenvalue weighted by atomic mass is 9.88. The third kappa shape index (κ3) is 1.76. The number of anilines is 1. The van der Waals surface area contributed by atoms with Crippen LogP contribution in [0, 0.1) is 0 Å². The second kappa shape index (κ2) is 4.42. The van der Waals surface area contributed by atoms with E-state index in [1.165, 1.54) is 0 Å². The normalized spacial score (nSPS) is 22.7. The number of methoxy groups -OCH3 is 1. The van der Waals surface area contributed by atoms with Gasteiger partial charge in [0.05, 0.1) is 24.3 Å². The van der Waals surface area contributed by atoms with Gasteiger partial charge in [-0.05, 0) is 25.0 Å². The maximum Gasteiger partial charge on any atom is 0.132 e. The molecule has 2 N–H and O–H groups in total. The Bertz CT molecular complexity index is 545. The number of imidazole rings is 1. The number of rotatable bonds is 3. The summed E-state index contributed by atoms with van der Waals surface area (Å²) in [7, 11) is 1.76. The third-order valence-electron chi connectivity index (χ3n) is 3.58. The molecule has 0 atom stereocenters. The summed E-state index contributed by atoms with van der Waals surface area (Å²) in [6.07, 6.45) is 7.83. The van der Waals surface area contributed by atoms with E-state index in [9.17, 15) is 0 Å². The lowest BCUT2D eigenvalue weighted by Crippen LogP contribution is -2.32. The quantitative estimate of drug-likeness (QED) is 0.895. The number of hydrogen-bond acceptors (Lipinski definition) is 4. The van der Waals surface area contributed by atoms with E-state index in [4.69, 9.17) is 10.5 Å². The van der Waals surface area contributed by atoms with Gasteiger partial charge in [0, 0.05) is 24.9 Å². The van der Waals surface area contributed by atoms with Gasteiger partial charge >= 0.3 is 0 Å². The van der Waals surface area contributed by atoms with Crippen molar-refractivity contribution in [2.45, 2.75) is 25.0 Å². The lowest BCUT2D eigenvalue weighted by Gasteiger charge is -2.35. The molecular formula is C13H16N4O. The van der Waals surface area contributed by atoms with E-state index in [0.29, 0.717) is 18.0 Å². The van der Waals surface area contributed by atoms with Crippen LogP contribution in [0.4, 0.5) is 5.82 Å². The molecule has 0 aliphatic heterocycles. The van der Waals surface area contributed by atoms with Crippen LogP contribution in [-0.4, -0.2) is 27.7 Å². The third-order valence-corrected chi connectivity index (χ3v) is 3.58. The highest BCUT2D eigenvalue weighted by Crippen LogP contribution is 2.37. The van der Waals surface area contributed by atoms with E-state index in [0.717, 1.165) is 24.1 Å². The number of nitrogens with zero attached hydrogens (tertiary/aromatic N) is 3. The predicted octanol–water partition coefficient (Wildman–Crippen LogP) is 1.88. The summed E-state index contributed by atoms with van der Waals surface area (Å²) in [5.41, 5.74) is 7.89. The van der Waals surface area contributed by atoms with Crippen LogP contribution in [0.1, 0.15) is 18.9 Å². The van der Waals surface area contributed by atoms with Crippen LogP contribution >= 0.6 is 0 Å². The van der Waals surface area contributed by atoms with Gasteiger partial charge in [-0.1, -0.05) is 0 Å². The molecule has 1 aliphatic rings. The van der Waals surface area contributed by atoms with Gasteiger partial charge in [-0.2, -0.15) is 0 Å². The molecule has 5 heteroatoms. The molecule has 0 bridgehead atoms. The molecule has 0 amide bonds. The maximum absolute atomic E-state index is 5.92. The van der Waals surface area contributed by atoms with Crippen LogP contribution in [0.25, 0.3) is 11.3 Å². The molecule has 5 nitrogen and oxygen atoms in total. The molecule has 0 spiro atoms. The number of nitrogens with two attached hydrogens (primary N) is 1. The molecule has 2 aromatic heterocycles. The van der Waals surface area contributed by atoms with Crippen molar-refractivity contribution in [1.29, 1.82) is 0 Å². The summed E-state index contributed by atoms with van der Waals surface area (Å²) in [6, 6.07) is 4.32. The average Bonchev–Trinajstić information content (AvgIpc) is 2.77. The molecule has 2 heterocycles.